The van der Waals surface area contributed by atoms with E-state index in [0.29, 0.717) is 11.0 Å². The van der Waals surface area contributed by atoms with Gasteiger partial charge in [-0.15, -0.1) is 0 Å². The third-order valence-corrected chi connectivity index (χ3v) is 2.28. The number of thiocarbonyl (C=S) groups is 1. The van der Waals surface area contributed by atoms with Gasteiger partial charge in [-0.25, -0.2) is 9.97 Å². The van der Waals surface area contributed by atoms with Gasteiger partial charge < -0.3 is 4.74 Å². The smallest absolute Gasteiger partial charge is 0.223 e. The van der Waals surface area contributed by atoms with Gasteiger partial charge in [-0.2, -0.15) is 0 Å². The van der Waals surface area contributed by atoms with E-state index < -0.39 is 0 Å². The molecule has 5 heteroatoms. The van der Waals surface area contributed by atoms with Crippen molar-refractivity contribution < 1.29 is 4.74 Å². The van der Waals surface area contributed by atoms with Crippen molar-refractivity contribution in [1.29, 1.82) is 0 Å². The highest BCUT2D eigenvalue weighted by Gasteiger charge is 2.04. The second-order valence-electron chi connectivity index (χ2n) is 2.89. The van der Waals surface area contributed by atoms with Gasteiger partial charge in [0.1, 0.15) is 17.2 Å². The van der Waals surface area contributed by atoms with E-state index in [-0.39, 0.29) is 0 Å². The fraction of sp³-hybridized carbons (Fsp3) is 0.100. The number of nitrogens with zero attached hydrogens (tertiary/aromatic N) is 2. The highest BCUT2D eigenvalue weighted by molar-refractivity contribution is 7.80. The van der Waals surface area contributed by atoms with E-state index in [2.05, 4.69) is 9.97 Å². The molecule has 0 unspecified atom stereocenters. The number of allylic oxidation sites excluding steroid dienone is 3. The molecule has 1 heterocycles. The first-order valence-corrected chi connectivity index (χ1v) is 5.09. The lowest BCUT2D eigenvalue weighted by Crippen LogP contribution is -2.01. The number of rotatable bonds is 2. The van der Waals surface area contributed by atoms with Crippen LogP contribution in [0.2, 0.25) is 5.15 Å². The van der Waals surface area contributed by atoms with Gasteiger partial charge in [0.05, 0.1) is 0 Å². The maximum Gasteiger partial charge on any atom is 0.223 e. The quantitative estimate of drug-likeness (QED) is 0.586. The lowest BCUT2D eigenvalue weighted by Gasteiger charge is -2.08. The summed E-state index contributed by atoms with van der Waals surface area (Å²) in [6.45, 7) is 0. The molecule has 0 aromatic carbocycles. The van der Waals surface area contributed by atoms with E-state index in [9.17, 15) is 0 Å². The molecular formula is C10H7ClN2OS. The normalized spacial score (nSPS) is 15.0. The van der Waals surface area contributed by atoms with E-state index in [1.54, 1.807) is 6.07 Å². The molecule has 0 atom stereocenters. The predicted molar refractivity (Wildman–Crippen MR) is 62.1 cm³/mol. The molecule has 0 saturated carbocycles. The Balaban J connectivity index is 2.10. The summed E-state index contributed by atoms with van der Waals surface area (Å²) < 4.78 is 5.46. The zero-order valence-electron chi connectivity index (χ0n) is 7.68. The molecule has 0 radical (unpaired) electrons. The zero-order valence-corrected chi connectivity index (χ0v) is 9.26. The lowest BCUT2D eigenvalue weighted by atomic mass is 10.2. The number of hydrogen-bond acceptors (Lipinski definition) is 4. The summed E-state index contributed by atoms with van der Waals surface area (Å²) in [6.07, 6.45) is 7.63. The monoisotopic (exact) mass is 238 g/mol. The van der Waals surface area contributed by atoms with Gasteiger partial charge in [0, 0.05) is 17.4 Å². The van der Waals surface area contributed by atoms with E-state index in [0.717, 1.165) is 17.0 Å². The van der Waals surface area contributed by atoms with Crippen molar-refractivity contribution in [2.24, 2.45) is 0 Å². The number of ether oxygens (including phenoxy) is 1. The first-order valence-electron chi connectivity index (χ1n) is 4.30. The summed E-state index contributed by atoms with van der Waals surface area (Å²) in [5, 5.41) is 0.357. The highest BCUT2D eigenvalue weighted by atomic mass is 35.5. The van der Waals surface area contributed by atoms with Crippen LogP contribution in [0.5, 0.6) is 5.88 Å². The molecule has 2 rings (SSSR count). The second-order valence-corrected chi connectivity index (χ2v) is 3.80. The van der Waals surface area contributed by atoms with Crippen molar-refractivity contribution >= 4 is 28.7 Å². The Hall–Kier alpha value is -1.26. The summed E-state index contributed by atoms with van der Waals surface area (Å²) in [5.74, 6) is 1.15. The van der Waals surface area contributed by atoms with Crippen LogP contribution in [-0.4, -0.2) is 14.8 Å². The summed E-state index contributed by atoms with van der Waals surface area (Å²) in [6, 6.07) is 1.56. The van der Waals surface area contributed by atoms with Gasteiger partial charge in [-0.05, 0) is 18.2 Å². The third kappa shape index (κ3) is 2.84. The average molecular weight is 239 g/mol. The van der Waals surface area contributed by atoms with Crippen LogP contribution in [0.3, 0.4) is 0 Å². The summed E-state index contributed by atoms with van der Waals surface area (Å²) in [4.78, 5) is 8.58. The minimum absolute atomic E-state index is 0.357. The molecule has 0 saturated heterocycles. The molecule has 0 spiro atoms. The predicted octanol–water partition coefficient (Wildman–Crippen LogP) is 2.72. The molecule has 0 amide bonds. The first kappa shape index (κ1) is 10.3. The molecule has 0 N–H and O–H groups in total. The van der Waals surface area contributed by atoms with Crippen molar-refractivity contribution in [3.8, 4) is 5.88 Å². The third-order valence-electron chi connectivity index (χ3n) is 1.77. The van der Waals surface area contributed by atoms with Crippen LogP contribution in [0.1, 0.15) is 6.42 Å². The second kappa shape index (κ2) is 4.51. The Morgan fingerprint density at radius 1 is 1.33 bits per heavy atom. The molecule has 1 aliphatic carbocycles. The van der Waals surface area contributed by atoms with Crippen LogP contribution in [0.4, 0.5) is 0 Å². The SMILES string of the molecule is S=C1C=CC(Oc2cc(Cl)ncn2)=CC1. The Morgan fingerprint density at radius 2 is 2.20 bits per heavy atom. The average Bonchev–Trinajstić information content (AvgIpc) is 2.22. The number of halogens is 1. The van der Waals surface area contributed by atoms with Crippen molar-refractivity contribution in [2.45, 2.75) is 6.42 Å². The summed E-state index contributed by atoms with van der Waals surface area (Å²) in [7, 11) is 0. The summed E-state index contributed by atoms with van der Waals surface area (Å²) in [5.41, 5.74) is 0. The molecule has 15 heavy (non-hydrogen) atoms. The molecule has 0 fully saturated rings. The van der Waals surface area contributed by atoms with E-state index in [1.165, 1.54) is 6.33 Å². The highest BCUT2D eigenvalue weighted by Crippen LogP contribution is 2.16. The topological polar surface area (TPSA) is 35.0 Å². The van der Waals surface area contributed by atoms with Gasteiger partial charge >= 0.3 is 0 Å². The largest absolute Gasteiger partial charge is 0.439 e. The zero-order chi connectivity index (χ0) is 10.7. The molecule has 1 aromatic heterocycles. The Bertz CT molecular complexity index is 456. The van der Waals surface area contributed by atoms with Crippen molar-refractivity contribution in [3.05, 3.63) is 41.5 Å². The van der Waals surface area contributed by atoms with Crippen LogP contribution in [0.25, 0.3) is 0 Å². The van der Waals surface area contributed by atoms with Gasteiger partial charge in [-0.1, -0.05) is 23.8 Å². The van der Waals surface area contributed by atoms with Crippen molar-refractivity contribution in [2.75, 3.05) is 0 Å². The van der Waals surface area contributed by atoms with Crippen LogP contribution >= 0.6 is 23.8 Å². The van der Waals surface area contributed by atoms with Crippen LogP contribution in [-0.2, 0) is 0 Å². The Morgan fingerprint density at radius 3 is 2.87 bits per heavy atom. The molecule has 0 aliphatic heterocycles. The Kier molecular flexibility index (Phi) is 3.08. The van der Waals surface area contributed by atoms with E-state index in [4.69, 9.17) is 28.6 Å². The van der Waals surface area contributed by atoms with Crippen molar-refractivity contribution in [1.82, 2.24) is 9.97 Å². The van der Waals surface area contributed by atoms with Gasteiger partial charge in [0.2, 0.25) is 5.88 Å². The van der Waals surface area contributed by atoms with Crippen molar-refractivity contribution in [3.63, 3.8) is 0 Å². The maximum atomic E-state index is 5.70. The fourth-order valence-electron chi connectivity index (χ4n) is 1.08. The lowest BCUT2D eigenvalue weighted by molar-refractivity contribution is 0.423. The van der Waals surface area contributed by atoms with Crippen LogP contribution < -0.4 is 4.74 Å². The van der Waals surface area contributed by atoms with Gasteiger partial charge in [0.15, 0.2) is 0 Å². The Labute approximate surface area is 97.5 Å². The van der Waals surface area contributed by atoms with Crippen LogP contribution in [0.15, 0.2) is 36.4 Å². The van der Waals surface area contributed by atoms with E-state index >= 15 is 0 Å². The molecular weight excluding hydrogens is 232 g/mol. The van der Waals surface area contributed by atoms with Gasteiger partial charge in [0.25, 0.3) is 0 Å². The molecule has 3 nitrogen and oxygen atoms in total. The fourth-order valence-corrected chi connectivity index (χ4v) is 1.37. The number of hydrogen-bond donors (Lipinski definition) is 0. The first-order chi connectivity index (χ1) is 7.24. The molecule has 76 valence electrons. The minimum atomic E-state index is 0.357. The summed E-state index contributed by atoms with van der Waals surface area (Å²) >= 11 is 10.7. The van der Waals surface area contributed by atoms with Crippen LogP contribution in [0, 0.1) is 0 Å². The molecule has 0 bridgehead atoms. The molecule has 1 aliphatic rings. The molecule has 1 aromatic rings. The standard InChI is InChI=1S/C10H7ClN2OS/c11-9-5-10(13-6-12-9)14-7-1-3-8(15)4-2-7/h1-3,5-6H,4H2. The van der Waals surface area contributed by atoms with Gasteiger partial charge in [-0.3, -0.25) is 0 Å². The minimum Gasteiger partial charge on any atom is -0.439 e. The van der Waals surface area contributed by atoms with E-state index in [1.807, 2.05) is 18.2 Å². The number of aromatic nitrogens is 2. The maximum absolute atomic E-state index is 5.70.